The monoisotopic (exact) mass is 450 g/mol. The van der Waals surface area contributed by atoms with E-state index < -0.39 is 0 Å². The van der Waals surface area contributed by atoms with Crippen LogP contribution in [0.15, 0.2) is 24.3 Å². The molecule has 3 N–H and O–H groups in total. The van der Waals surface area contributed by atoms with Crippen LogP contribution >= 0.6 is 0 Å². The van der Waals surface area contributed by atoms with Crippen LogP contribution in [-0.2, 0) is 22.4 Å². The van der Waals surface area contributed by atoms with Gasteiger partial charge in [0.05, 0.1) is 12.3 Å². The normalized spacial score (nSPS) is 18.4. The SMILES string of the molecule is CC1(C)CCc2c(-c3cc4ccc(N(CCO)C(=O)CC5CCOCC5)cc4[nH]3)n[nH]c2C1. The third-order valence-corrected chi connectivity index (χ3v) is 7.26. The van der Waals surface area contributed by atoms with E-state index in [2.05, 4.69) is 35.1 Å². The van der Waals surface area contributed by atoms with E-state index >= 15 is 0 Å². The average molecular weight is 451 g/mol. The van der Waals surface area contributed by atoms with Gasteiger partial charge in [-0.1, -0.05) is 19.9 Å². The minimum absolute atomic E-state index is 0.0612. The molecule has 1 aromatic carbocycles. The topological polar surface area (TPSA) is 94.2 Å². The molecule has 2 aliphatic rings. The van der Waals surface area contributed by atoms with E-state index in [0.717, 1.165) is 73.3 Å². The van der Waals surface area contributed by atoms with Crippen LogP contribution in [0.25, 0.3) is 22.3 Å². The number of amides is 1. The van der Waals surface area contributed by atoms with Gasteiger partial charge in [-0.2, -0.15) is 5.10 Å². The van der Waals surface area contributed by atoms with E-state index in [-0.39, 0.29) is 12.5 Å². The fourth-order valence-corrected chi connectivity index (χ4v) is 5.29. The van der Waals surface area contributed by atoms with E-state index in [9.17, 15) is 9.90 Å². The van der Waals surface area contributed by atoms with Gasteiger partial charge in [0.2, 0.25) is 5.91 Å². The fourth-order valence-electron chi connectivity index (χ4n) is 5.29. The first kappa shape index (κ1) is 22.2. The zero-order valence-corrected chi connectivity index (χ0v) is 19.6. The predicted molar refractivity (Wildman–Crippen MR) is 129 cm³/mol. The number of carbonyl (C=O) groups is 1. The van der Waals surface area contributed by atoms with Gasteiger partial charge in [0.25, 0.3) is 0 Å². The summed E-state index contributed by atoms with van der Waals surface area (Å²) in [5.41, 5.74) is 6.65. The number of aliphatic hydroxyl groups is 1. The Kier molecular flexibility index (Phi) is 6.01. The number of hydrogen-bond acceptors (Lipinski definition) is 4. The molecule has 0 bridgehead atoms. The molecule has 2 aromatic heterocycles. The molecule has 1 amide bonds. The van der Waals surface area contributed by atoms with Crippen molar-refractivity contribution in [3.05, 3.63) is 35.5 Å². The van der Waals surface area contributed by atoms with Crippen LogP contribution in [0, 0.1) is 11.3 Å². The number of aromatic amines is 2. The maximum Gasteiger partial charge on any atom is 0.227 e. The maximum atomic E-state index is 13.1. The van der Waals surface area contributed by atoms with Crippen LogP contribution in [-0.4, -0.2) is 52.6 Å². The van der Waals surface area contributed by atoms with Crippen molar-refractivity contribution >= 4 is 22.5 Å². The molecular formula is C26H34N4O3. The summed E-state index contributed by atoms with van der Waals surface area (Å²) in [5.74, 6) is 0.412. The molecule has 176 valence electrons. The van der Waals surface area contributed by atoms with E-state index in [1.165, 1.54) is 11.3 Å². The second-order valence-electron chi connectivity index (χ2n) is 10.4. The molecule has 7 nitrogen and oxygen atoms in total. The predicted octanol–water partition coefficient (Wildman–Crippen LogP) is 4.21. The summed E-state index contributed by atoms with van der Waals surface area (Å²) < 4.78 is 5.42. The lowest BCUT2D eigenvalue weighted by atomic mass is 9.76. The molecule has 0 atom stereocenters. The fraction of sp³-hybridized carbons (Fsp3) is 0.538. The number of H-pyrrole nitrogens is 2. The highest BCUT2D eigenvalue weighted by Gasteiger charge is 2.29. The molecule has 0 unspecified atom stereocenters. The van der Waals surface area contributed by atoms with Crippen molar-refractivity contribution in [1.82, 2.24) is 15.2 Å². The lowest BCUT2D eigenvalue weighted by Gasteiger charge is -2.28. The molecule has 1 aliphatic carbocycles. The Morgan fingerprint density at radius 3 is 2.88 bits per heavy atom. The summed E-state index contributed by atoms with van der Waals surface area (Å²) in [4.78, 5) is 18.3. The molecule has 5 rings (SSSR count). The van der Waals surface area contributed by atoms with Gasteiger partial charge >= 0.3 is 0 Å². The number of anilines is 1. The molecule has 3 aromatic rings. The number of benzene rings is 1. The molecule has 0 spiro atoms. The first-order valence-electron chi connectivity index (χ1n) is 12.1. The Labute approximate surface area is 194 Å². The number of nitrogens with one attached hydrogen (secondary N) is 2. The zero-order valence-electron chi connectivity index (χ0n) is 19.6. The first-order chi connectivity index (χ1) is 15.9. The summed E-state index contributed by atoms with van der Waals surface area (Å²) >= 11 is 0. The molecule has 0 saturated carbocycles. The van der Waals surface area contributed by atoms with Gasteiger partial charge in [-0.3, -0.25) is 9.89 Å². The van der Waals surface area contributed by atoms with Crippen LogP contribution in [0.4, 0.5) is 5.69 Å². The maximum absolute atomic E-state index is 13.1. The lowest BCUT2D eigenvalue weighted by molar-refractivity contribution is -0.120. The lowest BCUT2D eigenvalue weighted by Crippen LogP contribution is -2.35. The van der Waals surface area contributed by atoms with E-state index in [4.69, 9.17) is 4.74 Å². The number of ether oxygens (including phenoxy) is 1. The van der Waals surface area contributed by atoms with Crippen LogP contribution in [0.5, 0.6) is 0 Å². The van der Waals surface area contributed by atoms with Crippen molar-refractivity contribution in [3.8, 4) is 11.4 Å². The van der Waals surface area contributed by atoms with E-state index in [1.807, 2.05) is 18.2 Å². The van der Waals surface area contributed by atoms with Gasteiger partial charge in [0.15, 0.2) is 0 Å². The number of aromatic nitrogens is 3. The van der Waals surface area contributed by atoms with Gasteiger partial charge in [-0.05, 0) is 61.6 Å². The number of fused-ring (bicyclic) bond motifs is 2. The molecule has 0 radical (unpaired) electrons. The summed E-state index contributed by atoms with van der Waals surface area (Å²) in [6.45, 7) is 6.30. The van der Waals surface area contributed by atoms with Crippen molar-refractivity contribution in [2.45, 2.75) is 52.4 Å². The van der Waals surface area contributed by atoms with Crippen LogP contribution < -0.4 is 4.90 Å². The standard InChI is InChI=1S/C26H34N4O3/c1-26(2)8-5-20-23(16-26)28-29-25(20)22-14-18-3-4-19(15-21(18)27-22)30(9-10-31)24(32)13-17-6-11-33-12-7-17/h3-4,14-15,17,27,31H,5-13,16H2,1-2H3,(H,28,29). The number of carbonyl (C=O) groups excluding carboxylic acids is 1. The molecular weight excluding hydrogens is 416 g/mol. The highest BCUT2D eigenvalue weighted by atomic mass is 16.5. The van der Waals surface area contributed by atoms with Crippen molar-refractivity contribution < 1.29 is 14.6 Å². The summed E-state index contributed by atoms with van der Waals surface area (Å²) in [5, 5.41) is 18.6. The summed E-state index contributed by atoms with van der Waals surface area (Å²) in [6, 6.07) is 8.16. The second-order valence-corrected chi connectivity index (χ2v) is 10.4. The zero-order chi connectivity index (χ0) is 23.0. The largest absolute Gasteiger partial charge is 0.395 e. The number of aliphatic hydroxyl groups excluding tert-OH is 1. The van der Waals surface area contributed by atoms with Crippen LogP contribution in [0.1, 0.15) is 50.8 Å². The molecule has 7 heteroatoms. The van der Waals surface area contributed by atoms with E-state index in [1.54, 1.807) is 4.90 Å². The molecule has 1 fully saturated rings. The van der Waals surface area contributed by atoms with Gasteiger partial charge in [0.1, 0.15) is 5.69 Å². The van der Waals surface area contributed by atoms with Crippen LogP contribution in [0.2, 0.25) is 0 Å². The molecule has 33 heavy (non-hydrogen) atoms. The minimum atomic E-state index is -0.0662. The number of nitrogens with zero attached hydrogens (tertiary/aromatic N) is 2. The van der Waals surface area contributed by atoms with Gasteiger partial charge in [-0.15, -0.1) is 0 Å². The van der Waals surface area contributed by atoms with E-state index in [0.29, 0.717) is 24.3 Å². The first-order valence-corrected chi connectivity index (χ1v) is 12.1. The van der Waals surface area contributed by atoms with Crippen molar-refractivity contribution in [1.29, 1.82) is 0 Å². The second kappa shape index (κ2) is 8.95. The van der Waals surface area contributed by atoms with Crippen molar-refractivity contribution in [3.63, 3.8) is 0 Å². The summed E-state index contributed by atoms with van der Waals surface area (Å²) in [6.07, 6.45) is 5.53. The van der Waals surface area contributed by atoms with Crippen LogP contribution in [0.3, 0.4) is 0 Å². The minimum Gasteiger partial charge on any atom is -0.395 e. The van der Waals surface area contributed by atoms with Gasteiger partial charge in [-0.25, -0.2) is 0 Å². The molecule has 1 saturated heterocycles. The Balaban J connectivity index is 1.40. The Morgan fingerprint density at radius 2 is 2.09 bits per heavy atom. The number of hydrogen-bond donors (Lipinski definition) is 3. The third kappa shape index (κ3) is 4.57. The summed E-state index contributed by atoms with van der Waals surface area (Å²) in [7, 11) is 0. The highest BCUT2D eigenvalue weighted by molar-refractivity contribution is 5.96. The third-order valence-electron chi connectivity index (χ3n) is 7.26. The molecule has 3 heterocycles. The van der Waals surface area contributed by atoms with Crippen molar-refractivity contribution in [2.75, 3.05) is 31.3 Å². The quantitative estimate of drug-likeness (QED) is 0.524. The Bertz CT molecular complexity index is 1140. The number of rotatable bonds is 6. The smallest absolute Gasteiger partial charge is 0.227 e. The molecule has 1 aliphatic heterocycles. The van der Waals surface area contributed by atoms with Gasteiger partial charge in [0, 0.05) is 54.0 Å². The Morgan fingerprint density at radius 1 is 1.27 bits per heavy atom. The Hall–Kier alpha value is -2.64. The van der Waals surface area contributed by atoms with Crippen molar-refractivity contribution in [2.24, 2.45) is 11.3 Å². The van der Waals surface area contributed by atoms with Gasteiger partial charge < -0.3 is 19.7 Å². The average Bonchev–Trinajstić information content (AvgIpc) is 3.40. The highest BCUT2D eigenvalue weighted by Crippen LogP contribution is 2.38.